The van der Waals surface area contributed by atoms with E-state index in [4.69, 9.17) is 5.11 Å². The molecule has 0 unspecified atom stereocenters. The summed E-state index contributed by atoms with van der Waals surface area (Å²) in [6.07, 6.45) is -0.946. The van der Waals surface area contributed by atoms with Gasteiger partial charge in [-0.25, -0.2) is 5.43 Å². The molecular weight excluding hydrogens is 368 g/mol. The molecule has 1 aromatic carbocycles. The Balaban J connectivity index is 1.89. The van der Waals surface area contributed by atoms with Crippen LogP contribution in [0.15, 0.2) is 53.9 Å². The molecule has 3 atom stereocenters. The van der Waals surface area contributed by atoms with Crippen molar-refractivity contribution in [3.8, 4) is 0 Å². The van der Waals surface area contributed by atoms with Gasteiger partial charge in [-0.05, 0) is 36.4 Å². The highest BCUT2D eigenvalue weighted by Gasteiger charge is 2.22. The molecule has 0 bridgehead atoms. The van der Waals surface area contributed by atoms with Gasteiger partial charge in [-0.3, -0.25) is 14.6 Å². The molecule has 0 saturated heterocycles. The molecule has 0 radical (unpaired) electrons. The summed E-state index contributed by atoms with van der Waals surface area (Å²) in [5, 5.41) is 43.1. The van der Waals surface area contributed by atoms with E-state index in [2.05, 4.69) is 20.8 Å². The summed E-state index contributed by atoms with van der Waals surface area (Å²) in [4.78, 5) is 27.9. The molecule has 0 aliphatic carbocycles. The summed E-state index contributed by atoms with van der Waals surface area (Å²) in [6.45, 7) is -0.734. The summed E-state index contributed by atoms with van der Waals surface area (Å²) in [5.41, 5.74) is 3.26. The molecule has 2 rings (SSSR count). The second-order valence-corrected chi connectivity index (χ2v) is 5.72. The number of hydrazone groups is 1. The van der Waals surface area contributed by atoms with E-state index >= 15 is 0 Å². The van der Waals surface area contributed by atoms with Crippen LogP contribution in [0.4, 0.5) is 5.69 Å². The molecule has 6 N–H and O–H groups in total. The maximum absolute atomic E-state index is 12.0. The Bertz CT molecular complexity index is 813. The summed E-state index contributed by atoms with van der Waals surface area (Å²) >= 11 is 0. The molecule has 0 aliphatic rings. The number of hydrogen-bond acceptors (Lipinski definition) is 8. The van der Waals surface area contributed by atoms with Crippen molar-refractivity contribution in [2.45, 2.75) is 18.3 Å². The monoisotopic (exact) mass is 388 g/mol. The fourth-order valence-electron chi connectivity index (χ4n) is 2.07. The predicted octanol–water partition coefficient (Wildman–Crippen LogP) is -0.875. The van der Waals surface area contributed by atoms with Crippen LogP contribution in [0.5, 0.6) is 0 Å². The molecule has 2 amide bonds. The highest BCUT2D eigenvalue weighted by Crippen LogP contribution is 2.11. The number of aliphatic hydroxyl groups excluding tert-OH is 4. The van der Waals surface area contributed by atoms with Crippen molar-refractivity contribution < 1.29 is 30.0 Å². The molecule has 2 aromatic rings. The minimum absolute atomic E-state index is 0.238. The maximum Gasteiger partial charge on any atom is 0.271 e. The van der Waals surface area contributed by atoms with Gasteiger partial charge in [0.25, 0.3) is 11.8 Å². The Morgan fingerprint density at radius 1 is 1.07 bits per heavy atom. The molecule has 0 fully saturated rings. The van der Waals surface area contributed by atoms with Gasteiger partial charge in [0.2, 0.25) is 0 Å². The zero-order chi connectivity index (χ0) is 20.5. The van der Waals surface area contributed by atoms with E-state index in [-0.39, 0.29) is 11.5 Å². The fraction of sp³-hybridized carbons (Fsp3) is 0.222. The average molecular weight is 388 g/mol. The minimum atomic E-state index is -1.65. The number of rotatable bonds is 8. The molecule has 10 nitrogen and oxygen atoms in total. The lowest BCUT2D eigenvalue weighted by molar-refractivity contribution is -0.0542. The lowest BCUT2D eigenvalue weighted by Crippen LogP contribution is -2.40. The first-order valence-electron chi connectivity index (χ1n) is 8.22. The molecule has 28 heavy (non-hydrogen) atoms. The van der Waals surface area contributed by atoms with Crippen LogP contribution < -0.4 is 10.7 Å². The molecular formula is C18H20N4O6. The number of pyridine rings is 1. The van der Waals surface area contributed by atoms with Crippen molar-refractivity contribution in [1.82, 2.24) is 10.4 Å². The number of benzene rings is 1. The van der Waals surface area contributed by atoms with Crippen molar-refractivity contribution >= 4 is 23.7 Å². The first kappa shape index (κ1) is 21.1. The van der Waals surface area contributed by atoms with Crippen LogP contribution in [0.2, 0.25) is 0 Å². The third-order valence-electron chi connectivity index (χ3n) is 3.65. The van der Waals surface area contributed by atoms with Crippen molar-refractivity contribution in [1.29, 1.82) is 0 Å². The molecule has 0 aliphatic heterocycles. The van der Waals surface area contributed by atoms with E-state index in [1.807, 2.05) is 0 Å². The number of hydrogen-bond donors (Lipinski definition) is 6. The summed E-state index contributed by atoms with van der Waals surface area (Å²) in [5.74, 6) is -0.932. The molecule has 0 spiro atoms. The Labute approximate surface area is 160 Å². The second-order valence-electron chi connectivity index (χ2n) is 5.72. The van der Waals surface area contributed by atoms with E-state index in [0.717, 1.165) is 6.21 Å². The maximum atomic E-state index is 12.0. The van der Waals surface area contributed by atoms with Crippen molar-refractivity contribution in [3.05, 3.63) is 59.9 Å². The molecule has 0 saturated carbocycles. The van der Waals surface area contributed by atoms with Gasteiger partial charge in [0.05, 0.1) is 18.4 Å². The van der Waals surface area contributed by atoms with Gasteiger partial charge in [0.15, 0.2) is 0 Å². The zero-order valence-electron chi connectivity index (χ0n) is 14.6. The third kappa shape index (κ3) is 5.93. The molecule has 10 heteroatoms. The van der Waals surface area contributed by atoms with Crippen molar-refractivity contribution in [3.63, 3.8) is 0 Å². The van der Waals surface area contributed by atoms with E-state index in [0.29, 0.717) is 11.3 Å². The number of aromatic nitrogens is 1. The van der Waals surface area contributed by atoms with Crippen LogP contribution in [0.1, 0.15) is 20.7 Å². The average Bonchev–Trinajstić information content (AvgIpc) is 2.73. The van der Waals surface area contributed by atoms with Gasteiger partial charge in [-0.1, -0.05) is 0 Å². The van der Waals surface area contributed by atoms with Gasteiger partial charge >= 0.3 is 0 Å². The third-order valence-corrected chi connectivity index (χ3v) is 3.65. The van der Waals surface area contributed by atoms with E-state index < -0.39 is 30.8 Å². The van der Waals surface area contributed by atoms with Gasteiger partial charge < -0.3 is 25.7 Å². The zero-order valence-corrected chi connectivity index (χ0v) is 14.6. The standard InChI is InChI=1S/C18H20N4O6/c23-10-15(25)16(26)14(24)9-20-22-18(28)11-3-5-13(6-4-11)21-17(27)12-2-1-7-19-8-12/h1-9,14-16,23-26H,10H2,(H,21,27)(H,22,28)/b20-9+/t14-,15+,16-/m0/s1. The van der Waals surface area contributed by atoms with Crippen molar-refractivity contribution in [2.24, 2.45) is 5.10 Å². The van der Waals surface area contributed by atoms with Gasteiger partial charge in [0, 0.05) is 23.6 Å². The SMILES string of the molecule is O=C(N/N=C/[C@H](O)[C@H](O)[C@H](O)CO)c1ccc(NC(=O)c2cccnc2)cc1. The highest BCUT2D eigenvalue weighted by molar-refractivity contribution is 6.04. The molecule has 1 aromatic heterocycles. The Morgan fingerprint density at radius 2 is 1.79 bits per heavy atom. The lowest BCUT2D eigenvalue weighted by atomic mass is 10.1. The number of aliphatic hydroxyl groups is 4. The fourth-order valence-corrected chi connectivity index (χ4v) is 2.07. The predicted molar refractivity (Wildman–Crippen MR) is 99.7 cm³/mol. The number of anilines is 1. The van der Waals surface area contributed by atoms with Crippen LogP contribution in [0.25, 0.3) is 0 Å². The van der Waals surface area contributed by atoms with Crippen LogP contribution in [-0.4, -0.2) is 68.4 Å². The van der Waals surface area contributed by atoms with Gasteiger partial charge in [0.1, 0.15) is 18.3 Å². The second kappa shape index (κ2) is 10.2. The minimum Gasteiger partial charge on any atom is -0.394 e. The van der Waals surface area contributed by atoms with Crippen LogP contribution >= 0.6 is 0 Å². The Kier molecular flexibility index (Phi) is 7.72. The van der Waals surface area contributed by atoms with Crippen LogP contribution in [0.3, 0.4) is 0 Å². The van der Waals surface area contributed by atoms with Crippen molar-refractivity contribution in [2.75, 3.05) is 11.9 Å². The van der Waals surface area contributed by atoms with Gasteiger partial charge in [-0.15, -0.1) is 0 Å². The smallest absolute Gasteiger partial charge is 0.271 e. The Hall–Kier alpha value is -3.18. The number of amides is 2. The summed E-state index contributed by atoms with van der Waals surface area (Å²) in [7, 11) is 0. The lowest BCUT2D eigenvalue weighted by Gasteiger charge is -2.17. The molecule has 1 heterocycles. The van der Waals surface area contributed by atoms with Crippen LogP contribution in [-0.2, 0) is 0 Å². The molecule has 148 valence electrons. The highest BCUT2D eigenvalue weighted by atomic mass is 16.4. The number of carbonyl (C=O) groups excluding carboxylic acids is 2. The summed E-state index contributed by atoms with van der Waals surface area (Å²) < 4.78 is 0. The Morgan fingerprint density at radius 3 is 2.39 bits per heavy atom. The topological polar surface area (TPSA) is 164 Å². The first-order valence-corrected chi connectivity index (χ1v) is 8.22. The van der Waals surface area contributed by atoms with Crippen LogP contribution in [0, 0.1) is 0 Å². The van der Waals surface area contributed by atoms with E-state index in [1.54, 1.807) is 18.3 Å². The normalized spacial score (nSPS) is 14.3. The van der Waals surface area contributed by atoms with Gasteiger partial charge in [-0.2, -0.15) is 5.10 Å². The number of carbonyl (C=O) groups is 2. The van der Waals surface area contributed by atoms with E-state index in [1.165, 1.54) is 30.5 Å². The first-order chi connectivity index (χ1) is 13.4. The largest absolute Gasteiger partial charge is 0.394 e. The summed E-state index contributed by atoms with van der Waals surface area (Å²) in [6, 6.07) is 9.25. The quantitative estimate of drug-likeness (QED) is 0.252. The number of nitrogens with one attached hydrogen (secondary N) is 2. The van der Waals surface area contributed by atoms with E-state index in [9.17, 15) is 24.9 Å². The number of nitrogens with zero attached hydrogens (tertiary/aromatic N) is 2.